The summed E-state index contributed by atoms with van der Waals surface area (Å²) in [5, 5.41) is 6.06. The zero-order valence-corrected chi connectivity index (χ0v) is 14.0. The summed E-state index contributed by atoms with van der Waals surface area (Å²) in [6, 6.07) is -0.145. The van der Waals surface area contributed by atoms with Crippen molar-refractivity contribution in [3.63, 3.8) is 0 Å². The summed E-state index contributed by atoms with van der Waals surface area (Å²) in [5.74, 6) is 0.800. The lowest BCUT2D eigenvalue weighted by atomic mass is 10.3. The van der Waals surface area contributed by atoms with Gasteiger partial charge in [0.1, 0.15) is 0 Å². The number of rotatable bonds is 8. The quantitative estimate of drug-likeness (QED) is 0.327. The summed E-state index contributed by atoms with van der Waals surface area (Å²) in [5.41, 5.74) is 22.1. The highest BCUT2D eigenvalue weighted by molar-refractivity contribution is 5.38. The zero-order valence-electron chi connectivity index (χ0n) is 14.0. The molecule has 0 aromatic carbocycles. The van der Waals surface area contributed by atoms with Crippen molar-refractivity contribution in [3.05, 3.63) is 0 Å². The molecule has 2 rings (SSSR count). The van der Waals surface area contributed by atoms with E-state index in [0.29, 0.717) is 25.1 Å². The second kappa shape index (κ2) is 8.05. The van der Waals surface area contributed by atoms with Crippen LogP contribution in [0.3, 0.4) is 0 Å². The van der Waals surface area contributed by atoms with Crippen LogP contribution in [0.15, 0.2) is 0 Å². The standard InChI is InChI=1S/C12H22N12O/c1-5(17-11-21-7(13)19-8(14)22-11)3-25-4-6(2)18-12-23-9(15)20-10(16)24-12/h5-6H,3-4H2,1-2H3,(H5,13,14,17,19,21,22)(H5,15,16,18,20,23,24). The van der Waals surface area contributed by atoms with Crippen molar-refractivity contribution in [2.45, 2.75) is 25.9 Å². The molecular formula is C12H22N12O. The van der Waals surface area contributed by atoms with E-state index in [9.17, 15) is 0 Å². The SMILES string of the molecule is CC(COCC(C)Nc1nc(N)nc(N)n1)Nc1nc(N)nc(N)n1. The summed E-state index contributed by atoms with van der Waals surface area (Å²) in [7, 11) is 0. The van der Waals surface area contributed by atoms with Crippen molar-refractivity contribution in [1.29, 1.82) is 0 Å². The lowest BCUT2D eigenvalue weighted by molar-refractivity contribution is 0.122. The Bertz CT molecular complexity index is 610. The van der Waals surface area contributed by atoms with Crippen LogP contribution >= 0.6 is 0 Å². The van der Waals surface area contributed by atoms with Gasteiger partial charge in [0.25, 0.3) is 0 Å². The first-order valence-electron chi connectivity index (χ1n) is 7.46. The summed E-state index contributed by atoms with van der Waals surface area (Å²) in [4.78, 5) is 23.2. The molecule has 0 aliphatic heterocycles. The third kappa shape index (κ3) is 6.06. The van der Waals surface area contributed by atoms with Gasteiger partial charge in [0.2, 0.25) is 35.7 Å². The van der Waals surface area contributed by atoms with Gasteiger partial charge in [-0.25, -0.2) is 0 Å². The van der Waals surface area contributed by atoms with Gasteiger partial charge < -0.3 is 38.3 Å². The van der Waals surface area contributed by atoms with E-state index in [1.165, 1.54) is 0 Å². The molecule has 10 N–H and O–H groups in total. The smallest absolute Gasteiger partial charge is 0.229 e. The lowest BCUT2D eigenvalue weighted by Gasteiger charge is -2.17. The molecule has 0 bridgehead atoms. The van der Waals surface area contributed by atoms with Crippen molar-refractivity contribution < 1.29 is 4.74 Å². The first-order chi connectivity index (χ1) is 11.8. The summed E-state index contributed by atoms with van der Waals surface area (Å²) in [6.45, 7) is 4.61. The van der Waals surface area contributed by atoms with Gasteiger partial charge in [-0.1, -0.05) is 0 Å². The first-order valence-corrected chi connectivity index (χ1v) is 7.46. The number of nitrogens with one attached hydrogen (secondary N) is 2. The van der Waals surface area contributed by atoms with Crippen LogP contribution < -0.4 is 33.6 Å². The van der Waals surface area contributed by atoms with Crippen LogP contribution in [0.5, 0.6) is 0 Å². The van der Waals surface area contributed by atoms with E-state index in [4.69, 9.17) is 27.7 Å². The Balaban J connectivity index is 1.75. The fourth-order valence-electron chi connectivity index (χ4n) is 1.89. The van der Waals surface area contributed by atoms with Crippen LogP contribution in [0.1, 0.15) is 13.8 Å². The van der Waals surface area contributed by atoms with Crippen molar-refractivity contribution in [3.8, 4) is 0 Å². The highest BCUT2D eigenvalue weighted by Crippen LogP contribution is 2.07. The Morgan fingerprint density at radius 3 is 1.32 bits per heavy atom. The second-order valence-corrected chi connectivity index (χ2v) is 5.38. The van der Waals surface area contributed by atoms with Gasteiger partial charge >= 0.3 is 0 Å². The van der Waals surface area contributed by atoms with Crippen LogP contribution in [0.2, 0.25) is 0 Å². The topological polar surface area (TPSA) is 215 Å². The van der Waals surface area contributed by atoms with Gasteiger partial charge in [-0.15, -0.1) is 0 Å². The Kier molecular flexibility index (Phi) is 5.84. The van der Waals surface area contributed by atoms with E-state index >= 15 is 0 Å². The average Bonchev–Trinajstić information content (AvgIpc) is 2.44. The van der Waals surface area contributed by atoms with Crippen molar-refractivity contribution in [2.24, 2.45) is 0 Å². The number of aromatic nitrogens is 6. The molecule has 0 aliphatic carbocycles. The van der Waals surface area contributed by atoms with Crippen LogP contribution in [0.4, 0.5) is 35.7 Å². The van der Waals surface area contributed by atoms with E-state index in [1.54, 1.807) is 0 Å². The maximum Gasteiger partial charge on any atom is 0.229 e. The molecule has 2 aromatic rings. The molecule has 0 aliphatic rings. The predicted molar refractivity (Wildman–Crippen MR) is 94.3 cm³/mol. The van der Waals surface area contributed by atoms with Crippen molar-refractivity contribution in [1.82, 2.24) is 29.9 Å². The maximum atomic E-state index is 5.63. The fraction of sp³-hybridized carbons (Fsp3) is 0.500. The lowest BCUT2D eigenvalue weighted by Crippen LogP contribution is -2.28. The Hall–Kier alpha value is -3.22. The number of nitrogen functional groups attached to an aromatic ring is 4. The minimum atomic E-state index is -0.0723. The summed E-state index contributed by atoms with van der Waals surface area (Å²) >= 11 is 0. The molecule has 0 radical (unpaired) electrons. The third-order valence-corrected chi connectivity index (χ3v) is 2.83. The van der Waals surface area contributed by atoms with Gasteiger partial charge in [0.05, 0.1) is 13.2 Å². The summed E-state index contributed by atoms with van der Waals surface area (Å²) < 4.78 is 5.63. The molecule has 2 heterocycles. The van der Waals surface area contributed by atoms with Crippen LogP contribution in [0.25, 0.3) is 0 Å². The van der Waals surface area contributed by atoms with E-state index in [-0.39, 0.29) is 35.9 Å². The van der Waals surface area contributed by atoms with Gasteiger partial charge in [0.15, 0.2) is 0 Å². The minimum absolute atomic E-state index is 0.0526. The van der Waals surface area contributed by atoms with Crippen LogP contribution in [0, 0.1) is 0 Å². The van der Waals surface area contributed by atoms with Crippen molar-refractivity contribution in [2.75, 3.05) is 46.8 Å². The predicted octanol–water partition coefficient (Wildman–Crippen LogP) is -1.30. The molecule has 136 valence electrons. The highest BCUT2D eigenvalue weighted by atomic mass is 16.5. The zero-order chi connectivity index (χ0) is 18.4. The molecule has 0 fully saturated rings. The molecule has 2 aromatic heterocycles. The molecule has 2 unspecified atom stereocenters. The number of nitrogens with zero attached hydrogens (tertiary/aromatic N) is 6. The second-order valence-electron chi connectivity index (χ2n) is 5.38. The fourth-order valence-corrected chi connectivity index (χ4v) is 1.89. The third-order valence-electron chi connectivity index (χ3n) is 2.83. The Labute approximate surface area is 144 Å². The molecule has 0 spiro atoms. The van der Waals surface area contributed by atoms with Crippen LogP contribution in [-0.4, -0.2) is 55.2 Å². The van der Waals surface area contributed by atoms with E-state index in [2.05, 4.69) is 40.5 Å². The molecular weight excluding hydrogens is 328 g/mol. The maximum absolute atomic E-state index is 5.63. The molecule has 13 heteroatoms. The largest absolute Gasteiger partial charge is 0.377 e. The van der Waals surface area contributed by atoms with Gasteiger partial charge in [-0.3, -0.25) is 0 Å². The monoisotopic (exact) mass is 350 g/mol. The Morgan fingerprint density at radius 2 is 1.00 bits per heavy atom. The highest BCUT2D eigenvalue weighted by Gasteiger charge is 2.10. The normalized spacial score (nSPS) is 13.2. The van der Waals surface area contributed by atoms with Crippen LogP contribution in [-0.2, 0) is 4.74 Å². The molecule has 2 atom stereocenters. The summed E-state index contributed by atoms with van der Waals surface area (Å²) in [6.07, 6.45) is 0. The number of hydrogen-bond acceptors (Lipinski definition) is 13. The number of ether oxygens (including phenoxy) is 1. The number of nitrogens with two attached hydrogens (primary N) is 4. The molecule has 13 nitrogen and oxygen atoms in total. The van der Waals surface area contributed by atoms with Crippen molar-refractivity contribution >= 4 is 35.7 Å². The van der Waals surface area contributed by atoms with Gasteiger partial charge in [-0.2, -0.15) is 29.9 Å². The van der Waals surface area contributed by atoms with E-state index < -0.39 is 0 Å². The first kappa shape index (κ1) is 18.1. The van der Waals surface area contributed by atoms with Gasteiger partial charge in [0, 0.05) is 12.1 Å². The molecule has 0 saturated heterocycles. The minimum Gasteiger partial charge on any atom is -0.377 e. The Morgan fingerprint density at radius 1 is 0.680 bits per heavy atom. The molecule has 0 amide bonds. The number of hydrogen-bond donors (Lipinski definition) is 6. The molecule has 25 heavy (non-hydrogen) atoms. The van der Waals surface area contributed by atoms with E-state index in [0.717, 1.165) is 0 Å². The van der Waals surface area contributed by atoms with E-state index in [1.807, 2.05) is 13.8 Å². The molecule has 0 saturated carbocycles. The average molecular weight is 350 g/mol. The van der Waals surface area contributed by atoms with Gasteiger partial charge in [-0.05, 0) is 13.8 Å². The number of anilines is 6.